The summed E-state index contributed by atoms with van der Waals surface area (Å²) in [6, 6.07) is 0. The summed E-state index contributed by atoms with van der Waals surface area (Å²) in [6.07, 6.45) is 8.37. The Kier molecular flexibility index (Phi) is 15.4. The third-order valence-corrected chi connectivity index (χ3v) is 3.10. The number of hydrogen-bond acceptors (Lipinski definition) is 10. The average molecular weight is 545 g/mol. The largest absolute Gasteiger partial charge is 2.00 e. The minimum atomic E-state index is -2.74. The Morgan fingerprint density at radius 1 is 0.824 bits per heavy atom. The molecule has 2 aromatic rings. The van der Waals surface area contributed by atoms with Gasteiger partial charge in [0.1, 0.15) is 0 Å². The number of hydrogen-bond donors (Lipinski definition) is 6. The van der Waals surface area contributed by atoms with Crippen molar-refractivity contribution in [2.75, 3.05) is 0 Å². The standard InChI is InChI=1S/2C6H6N2O2.C6H8O7.Se/c2*9-6(10)2-1-5-3-7-4-8-5;7-3(8)1-6(13,5(11)12)2-4(9)10;/h2*1-4H,(H,7,8)(H,9,10);13H,1-2H2,(H,7,8)(H,9,10)(H,11,12);/q;;;+2/p-2. The van der Waals surface area contributed by atoms with E-state index in [0.29, 0.717) is 11.4 Å². The first-order chi connectivity index (χ1) is 15.4. The number of rotatable bonds is 9. The Balaban J connectivity index is 0. The van der Waals surface area contributed by atoms with Crippen LogP contribution in [0.2, 0.25) is 0 Å². The number of aliphatic carboxylic acids is 5. The van der Waals surface area contributed by atoms with E-state index in [4.69, 9.17) is 20.4 Å². The first-order valence-corrected chi connectivity index (χ1v) is 8.50. The molecule has 15 nitrogen and oxygen atoms in total. The summed E-state index contributed by atoms with van der Waals surface area (Å²) in [5, 5.41) is 53.5. The summed E-state index contributed by atoms with van der Waals surface area (Å²) in [5.74, 6) is -7.46. The van der Waals surface area contributed by atoms with Crippen molar-refractivity contribution in [3.8, 4) is 0 Å². The number of aliphatic hydroxyl groups is 1. The van der Waals surface area contributed by atoms with Crippen molar-refractivity contribution in [3.05, 3.63) is 48.6 Å². The van der Waals surface area contributed by atoms with Crippen LogP contribution in [0, 0.1) is 0 Å². The van der Waals surface area contributed by atoms with E-state index >= 15 is 0 Å². The van der Waals surface area contributed by atoms with Crippen LogP contribution in [0.5, 0.6) is 0 Å². The van der Waals surface area contributed by atoms with Crippen molar-refractivity contribution in [3.63, 3.8) is 0 Å². The van der Waals surface area contributed by atoms with Crippen LogP contribution in [0.3, 0.4) is 0 Å². The van der Waals surface area contributed by atoms with Gasteiger partial charge < -0.3 is 50.2 Å². The fraction of sp³-hybridized carbons (Fsp3) is 0.167. The molecule has 0 aliphatic carbocycles. The number of carboxylic acids is 5. The monoisotopic (exact) mass is 546 g/mol. The van der Waals surface area contributed by atoms with Gasteiger partial charge >= 0.3 is 35.0 Å². The Hall–Kier alpha value is -4.27. The van der Waals surface area contributed by atoms with E-state index < -0.39 is 48.3 Å². The minimum absolute atomic E-state index is 0. The molecular weight excluding hydrogens is 527 g/mol. The third kappa shape index (κ3) is 15.5. The smallest absolute Gasteiger partial charge is 0.545 e. The molecule has 2 aromatic heterocycles. The van der Waals surface area contributed by atoms with Crippen LogP contribution in [0.4, 0.5) is 0 Å². The van der Waals surface area contributed by atoms with Gasteiger partial charge in [0.15, 0.2) is 5.60 Å². The molecule has 0 bridgehead atoms. The van der Waals surface area contributed by atoms with E-state index in [9.17, 15) is 34.2 Å². The van der Waals surface area contributed by atoms with Gasteiger partial charge in [-0.15, -0.1) is 0 Å². The van der Waals surface area contributed by atoms with Crippen molar-refractivity contribution in [1.29, 1.82) is 0 Å². The third-order valence-electron chi connectivity index (χ3n) is 3.10. The van der Waals surface area contributed by atoms with Gasteiger partial charge in [0.25, 0.3) is 0 Å². The molecular formula is C18H18N4O11Se. The van der Waals surface area contributed by atoms with Crippen LogP contribution >= 0.6 is 0 Å². The average Bonchev–Trinajstić information content (AvgIpc) is 3.38. The second-order valence-corrected chi connectivity index (χ2v) is 5.77. The van der Waals surface area contributed by atoms with E-state index in [1.807, 2.05) is 0 Å². The molecule has 0 aliphatic rings. The van der Waals surface area contributed by atoms with Crippen molar-refractivity contribution in [1.82, 2.24) is 19.9 Å². The fourth-order valence-electron chi connectivity index (χ4n) is 1.75. The number of nitrogens with one attached hydrogen (secondary N) is 2. The van der Waals surface area contributed by atoms with Gasteiger partial charge in [0.05, 0.1) is 48.8 Å². The van der Waals surface area contributed by atoms with Gasteiger partial charge in [-0.05, 0) is 24.3 Å². The second kappa shape index (κ2) is 16.4. The molecule has 0 atom stereocenters. The predicted molar refractivity (Wildman–Crippen MR) is 108 cm³/mol. The number of imidazole rings is 2. The summed E-state index contributed by atoms with van der Waals surface area (Å²) in [5.41, 5.74) is -1.59. The minimum Gasteiger partial charge on any atom is -0.545 e. The van der Waals surface area contributed by atoms with Gasteiger partial charge in [-0.3, -0.25) is 9.59 Å². The molecule has 16 heteroatoms. The van der Waals surface area contributed by atoms with Gasteiger partial charge in [0.2, 0.25) is 0 Å². The molecule has 0 unspecified atom stereocenters. The van der Waals surface area contributed by atoms with Gasteiger partial charge in [-0.2, -0.15) is 0 Å². The predicted octanol–water partition coefficient (Wildman–Crippen LogP) is -3.28. The number of carbonyl (C=O) groups is 5. The maximum absolute atomic E-state index is 10.3. The van der Waals surface area contributed by atoms with Crippen molar-refractivity contribution >= 4 is 59.1 Å². The molecule has 34 heavy (non-hydrogen) atoms. The zero-order valence-electron chi connectivity index (χ0n) is 17.0. The summed E-state index contributed by atoms with van der Waals surface area (Å²) < 4.78 is 0. The van der Waals surface area contributed by atoms with E-state index in [1.54, 1.807) is 12.4 Å². The molecule has 4 radical (unpaired) electrons. The quantitative estimate of drug-likeness (QED) is 0.133. The van der Waals surface area contributed by atoms with Gasteiger partial charge in [-0.1, -0.05) is 0 Å². The first-order valence-electron chi connectivity index (χ1n) is 8.50. The molecule has 2 heterocycles. The van der Waals surface area contributed by atoms with Crippen molar-refractivity contribution in [2.24, 2.45) is 0 Å². The van der Waals surface area contributed by atoms with Gasteiger partial charge in [0, 0.05) is 12.4 Å². The molecule has 0 aromatic carbocycles. The molecule has 182 valence electrons. The Bertz CT molecular complexity index is 915. The summed E-state index contributed by atoms with van der Waals surface area (Å²) in [4.78, 5) is 63.1. The van der Waals surface area contributed by atoms with Crippen molar-refractivity contribution in [2.45, 2.75) is 18.4 Å². The zero-order chi connectivity index (χ0) is 25.4. The number of carboxylic acid groups (broad SMARTS) is 5. The van der Waals surface area contributed by atoms with Crippen LogP contribution in [0.25, 0.3) is 12.2 Å². The molecule has 2 rings (SSSR count). The SMILES string of the molecule is O=C(O)CC(O)(CC(=O)O)C(=O)O.O=C([O-])C=Cc1c[nH]cn1.O=C([O-])C=Cc1c[nH]cn1.[Se+2]. The maximum atomic E-state index is 10.3. The van der Waals surface area contributed by atoms with E-state index in [2.05, 4.69) is 19.9 Å². The number of H-pyrrole nitrogens is 2. The topological polar surface area (TPSA) is 270 Å². The molecule has 0 saturated heterocycles. The molecule has 0 spiro atoms. The summed E-state index contributed by atoms with van der Waals surface area (Å²) >= 11 is 0. The molecule has 0 fully saturated rings. The first kappa shape index (κ1) is 31.9. The molecule has 0 saturated carbocycles. The van der Waals surface area contributed by atoms with Crippen LogP contribution in [0.15, 0.2) is 37.2 Å². The Labute approximate surface area is 201 Å². The van der Waals surface area contributed by atoms with E-state index in [1.165, 1.54) is 24.8 Å². The van der Waals surface area contributed by atoms with Crippen LogP contribution in [-0.4, -0.2) is 92.9 Å². The number of aromatic nitrogens is 4. The fourth-order valence-corrected chi connectivity index (χ4v) is 1.75. The second-order valence-electron chi connectivity index (χ2n) is 5.77. The zero-order valence-corrected chi connectivity index (χ0v) is 18.7. The Morgan fingerprint density at radius 3 is 1.38 bits per heavy atom. The molecule has 0 aliphatic heterocycles. The van der Waals surface area contributed by atoms with Gasteiger partial charge in [-0.25, -0.2) is 14.8 Å². The van der Waals surface area contributed by atoms with Crippen molar-refractivity contribution < 1.29 is 54.6 Å². The number of aromatic amines is 2. The maximum Gasteiger partial charge on any atom is 2.00 e. The van der Waals surface area contributed by atoms with E-state index in [-0.39, 0.29) is 17.1 Å². The molecule has 6 N–H and O–H groups in total. The Morgan fingerprint density at radius 2 is 1.18 bits per heavy atom. The van der Waals surface area contributed by atoms with Crippen LogP contribution in [-0.2, 0) is 24.0 Å². The summed E-state index contributed by atoms with van der Waals surface area (Å²) in [6.45, 7) is 0. The number of carbonyl (C=O) groups excluding carboxylic acids is 2. The summed E-state index contributed by atoms with van der Waals surface area (Å²) in [7, 11) is 0. The molecule has 0 amide bonds. The van der Waals surface area contributed by atoms with Crippen LogP contribution in [0.1, 0.15) is 24.2 Å². The number of nitrogens with zero attached hydrogens (tertiary/aromatic N) is 2. The van der Waals surface area contributed by atoms with E-state index in [0.717, 1.165) is 12.2 Å². The normalized spacial score (nSPS) is 10.3. The van der Waals surface area contributed by atoms with Crippen LogP contribution < -0.4 is 10.2 Å².